The Morgan fingerprint density at radius 3 is 2.41 bits per heavy atom. The molecular formula is C17H29IN4. The van der Waals surface area contributed by atoms with Crippen molar-refractivity contribution < 1.29 is 0 Å². The predicted molar refractivity (Wildman–Crippen MR) is 106 cm³/mol. The van der Waals surface area contributed by atoms with Crippen LogP contribution in [-0.2, 0) is 6.54 Å². The third kappa shape index (κ3) is 5.34. The highest BCUT2D eigenvalue weighted by Crippen LogP contribution is 2.21. The number of halogens is 1. The molecular weight excluding hydrogens is 387 g/mol. The largest absolute Gasteiger partial charge is 0.377 e. The van der Waals surface area contributed by atoms with Crippen molar-refractivity contribution in [1.29, 1.82) is 0 Å². The molecule has 0 radical (unpaired) electrons. The molecule has 0 aliphatic carbocycles. The maximum atomic E-state index is 6.18. The first-order chi connectivity index (χ1) is 10.1. The Hall–Kier alpha value is -0.980. The van der Waals surface area contributed by atoms with E-state index in [2.05, 4.69) is 54.0 Å². The topological polar surface area (TPSA) is 44.9 Å². The lowest BCUT2D eigenvalue weighted by atomic mass is 10.1. The van der Waals surface area contributed by atoms with E-state index in [4.69, 9.17) is 5.73 Å². The van der Waals surface area contributed by atoms with Crippen molar-refractivity contribution in [3.63, 3.8) is 0 Å². The molecule has 0 unspecified atom stereocenters. The molecule has 1 aromatic carbocycles. The van der Waals surface area contributed by atoms with Crippen LogP contribution < -0.4 is 10.6 Å². The van der Waals surface area contributed by atoms with E-state index < -0.39 is 0 Å². The van der Waals surface area contributed by atoms with Gasteiger partial charge in [-0.1, -0.05) is 25.0 Å². The molecule has 0 aromatic heterocycles. The second kappa shape index (κ2) is 9.22. The van der Waals surface area contributed by atoms with E-state index >= 15 is 0 Å². The lowest BCUT2D eigenvalue weighted by Crippen LogP contribution is -2.38. The van der Waals surface area contributed by atoms with Gasteiger partial charge < -0.3 is 15.5 Å². The van der Waals surface area contributed by atoms with E-state index in [1.807, 2.05) is 0 Å². The van der Waals surface area contributed by atoms with Crippen molar-refractivity contribution in [3.8, 4) is 0 Å². The second-order valence-corrected chi connectivity index (χ2v) is 6.10. The van der Waals surface area contributed by atoms with Gasteiger partial charge in [-0.25, -0.2) is 4.99 Å². The SMILES string of the molecule is Cc1ccc(CN=C(N)N2CCCCCC2)c(N(C)C)c1.I. The van der Waals surface area contributed by atoms with E-state index in [9.17, 15) is 0 Å². The fraction of sp³-hybridized carbons (Fsp3) is 0.588. The van der Waals surface area contributed by atoms with Gasteiger partial charge in [-0.05, 0) is 37.0 Å². The highest BCUT2D eigenvalue weighted by Gasteiger charge is 2.11. The number of hydrogen-bond donors (Lipinski definition) is 1. The minimum atomic E-state index is 0. The van der Waals surface area contributed by atoms with Crippen LogP contribution in [0.25, 0.3) is 0 Å². The second-order valence-electron chi connectivity index (χ2n) is 6.10. The first-order valence-corrected chi connectivity index (χ1v) is 7.89. The van der Waals surface area contributed by atoms with Crippen LogP contribution in [0.3, 0.4) is 0 Å². The van der Waals surface area contributed by atoms with Gasteiger partial charge in [-0.2, -0.15) is 0 Å². The van der Waals surface area contributed by atoms with Gasteiger partial charge >= 0.3 is 0 Å². The molecule has 4 nitrogen and oxygen atoms in total. The van der Waals surface area contributed by atoms with Gasteiger partial charge in [0.2, 0.25) is 0 Å². The number of anilines is 1. The third-order valence-electron chi connectivity index (χ3n) is 4.06. The number of benzene rings is 1. The number of guanidine groups is 1. The zero-order valence-corrected chi connectivity index (χ0v) is 16.3. The van der Waals surface area contributed by atoms with Crippen molar-refractivity contribution in [2.45, 2.75) is 39.2 Å². The van der Waals surface area contributed by atoms with Crippen LogP contribution in [0, 0.1) is 6.92 Å². The first kappa shape index (κ1) is 19.1. The Morgan fingerprint density at radius 2 is 1.82 bits per heavy atom. The standard InChI is InChI=1S/C17H28N4.HI/c1-14-8-9-15(16(12-14)20(2)3)13-19-17(18)21-10-6-4-5-7-11-21;/h8-9,12H,4-7,10-11,13H2,1-3H3,(H2,18,19);1H. The zero-order valence-electron chi connectivity index (χ0n) is 14.0. The summed E-state index contributed by atoms with van der Waals surface area (Å²) in [7, 11) is 4.14. The van der Waals surface area contributed by atoms with Gasteiger partial charge in [0, 0.05) is 32.9 Å². The summed E-state index contributed by atoms with van der Waals surface area (Å²) >= 11 is 0. The van der Waals surface area contributed by atoms with Crippen LogP contribution in [0.2, 0.25) is 0 Å². The van der Waals surface area contributed by atoms with E-state index in [0.29, 0.717) is 12.5 Å². The zero-order chi connectivity index (χ0) is 15.2. The van der Waals surface area contributed by atoms with Crippen LogP contribution in [0.5, 0.6) is 0 Å². The molecule has 2 rings (SSSR count). The fourth-order valence-electron chi connectivity index (χ4n) is 2.79. The van der Waals surface area contributed by atoms with Gasteiger partial charge in [-0.15, -0.1) is 24.0 Å². The summed E-state index contributed by atoms with van der Waals surface area (Å²) in [5.74, 6) is 0.696. The Balaban J connectivity index is 0.00000242. The average Bonchev–Trinajstić information content (AvgIpc) is 2.74. The minimum Gasteiger partial charge on any atom is -0.377 e. The lowest BCUT2D eigenvalue weighted by Gasteiger charge is -2.22. The average molecular weight is 416 g/mol. The molecule has 5 heteroatoms. The number of rotatable bonds is 3. The Kier molecular flexibility index (Phi) is 8.00. The van der Waals surface area contributed by atoms with Crippen molar-refractivity contribution in [2.75, 3.05) is 32.1 Å². The molecule has 2 N–H and O–H groups in total. The normalized spacial score (nSPS) is 16.0. The molecule has 0 amide bonds. The van der Waals surface area contributed by atoms with E-state index in [-0.39, 0.29) is 24.0 Å². The molecule has 0 spiro atoms. The Labute approximate surface area is 151 Å². The smallest absolute Gasteiger partial charge is 0.191 e. The summed E-state index contributed by atoms with van der Waals surface area (Å²) in [4.78, 5) is 9.00. The molecule has 0 bridgehead atoms. The molecule has 1 aliphatic rings. The third-order valence-corrected chi connectivity index (χ3v) is 4.06. The maximum absolute atomic E-state index is 6.18. The molecule has 0 atom stereocenters. The van der Waals surface area contributed by atoms with Crippen molar-refractivity contribution in [1.82, 2.24) is 4.90 Å². The van der Waals surface area contributed by atoms with Gasteiger partial charge in [0.15, 0.2) is 5.96 Å². The van der Waals surface area contributed by atoms with E-state index in [1.165, 1.54) is 42.5 Å². The molecule has 1 fully saturated rings. The molecule has 1 saturated heterocycles. The fourth-order valence-corrected chi connectivity index (χ4v) is 2.79. The van der Waals surface area contributed by atoms with E-state index in [1.54, 1.807) is 0 Å². The van der Waals surface area contributed by atoms with Crippen LogP contribution in [0.4, 0.5) is 5.69 Å². The number of aliphatic imine (C=N–C) groups is 1. The summed E-state index contributed by atoms with van der Waals surface area (Å²) in [6, 6.07) is 6.50. The monoisotopic (exact) mass is 416 g/mol. The first-order valence-electron chi connectivity index (χ1n) is 7.89. The Bertz CT molecular complexity index is 491. The minimum absolute atomic E-state index is 0. The highest BCUT2D eigenvalue weighted by molar-refractivity contribution is 14.0. The summed E-state index contributed by atoms with van der Waals surface area (Å²) in [5.41, 5.74) is 9.90. The molecule has 22 heavy (non-hydrogen) atoms. The van der Waals surface area contributed by atoms with Crippen molar-refractivity contribution in [2.24, 2.45) is 10.7 Å². The molecule has 1 aliphatic heterocycles. The highest BCUT2D eigenvalue weighted by atomic mass is 127. The van der Waals surface area contributed by atoms with Gasteiger partial charge in [0.1, 0.15) is 0 Å². The summed E-state index contributed by atoms with van der Waals surface area (Å²) < 4.78 is 0. The van der Waals surface area contributed by atoms with Crippen molar-refractivity contribution >= 4 is 35.6 Å². The van der Waals surface area contributed by atoms with Crippen LogP contribution >= 0.6 is 24.0 Å². The van der Waals surface area contributed by atoms with E-state index in [0.717, 1.165) is 13.1 Å². The van der Waals surface area contributed by atoms with Crippen LogP contribution in [-0.4, -0.2) is 38.0 Å². The molecule has 1 heterocycles. The number of hydrogen-bond acceptors (Lipinski definition) is 2. The lowest BCUT2D eigenvalue weighted by molar-refractivity contribution is 0.428. The molecule has 124 valence electrons. The van der Waals surface area contributed by atoms with Gasteiger partial charge in [-0.3, -0.25) is 0 Å². The number of nitrogens with zero attached hydrogens (tertiary/aromatic N) is 3. The molecule has 1 aromatic rings. The quantitative estimate of drug-likeness (QED) is 0.467. The molecule has 0 saturated carbocycles. The van der Waals surface area contributed by atoms with Gasteiger partial charge in [0.05, 0.1) is 6.54 Å². The Morgan fingerprint density at radius 1 is 1.18 bits per heavy atom. The summed E-state index contributed by atoms with van der Waals surface area (Å²) in [5, 5.41) is 0. The maximum Gasteiger partial charge on any atom is 0.191 e. The van der Waals surface area contributed by atoms with Gasteiger partial charge in [0.25, 0.3) is 0 Å². The summed E-state index contributed by atoms with van der Waals surface area (Å²) in [6.07, 6.45) is 5.08. The predicted octanol–water partition coefficient (Wildman–Crippen LogP) is 3.37. The van der Waals surface area contributed by atoms with Crippen LogP contribution in [0.15, 0.2) is 23.2 Å². The summed E-state index contributed by atoms with van der Waals surface area (Å²) in [6.45, 7) is 4.86. The number of aryl methyl sites for hydroxylation is 1. The van der Waals surface area contributed by atoms with Crippen LogP contribution in [0.1, 0.15) is 36.8 Å². The number of likely N-dealkylation sites (tertiary alicyclic amines) is 1. The van der Waals surface area contributed by atoms with Crippen molar-refractivity contribution in [3.05, 3.63) is 29.3 Å². The number of nitrogens with two attached hydrogens (primary N) is 1.